The number of methoxy groups -OCH3 is 1. The van der Waals surface area contributed by atoms with Gasteiger partial charge in [-0.25, -0.2) is 0 Å². The summed E-state index contributed by atoms with van der Waals surface area (Å²) in [6.07, 6.45) is 3.29. The Labute approximate surface area is 88.9 Å². The fourth-order valence-electron chi connectivity index (χ4n) is 1.13. The van der Waals surface area contributed by atoms with Crippen LogP contribution in [-0.2, 0) is 0 Å². The molecule has 0 amide bonds. The molecule has 0 bridgehead atoms. The van der Waals surface area contributed by atoms with Crippen molar-refractivity contribution in [2.45, 2.75) is 6.92 Å². The summed E-state index contributed by atoms with van der Waals surface area (Å²) in [6, 6.07) is 0. The number of nitrogens with zero attached hydrogens (tertiary/aromatic N) is 3. The van der Waals surface area contributed by atoms with Crippen molar-refractivity contribution in [1.29, 1.82) is 0 Å². The Balaban J connectivity index is 2.80. The standard InChI is InChI=1S/C9H14ClN3O/c1-3-13(5-4-10)8-6-11-7-9(12-8)14-2/h6-7H,3-5H2,1-2H3. The molecule has 0 atom stereocenters. The van der Waals surface area contributed by atoms with E-state index in [-0.39, 0.29) is 0 Å². The van der Waals surface area contributed by atoms with Crippen molar-refractivity contribution in [2.75, 3.05) is 31.0 Å². The monoisotopic (exact) mass is 215 g/mol. The largest absolute Gasteiger partial charge is 0.480 e. The Morgan fingerprint density at radius 1 is 1.50 bits per heavy atom. The average Bonchev–Trinajstić information content (AvgIpc) is 2.26. The molecule has 0 aliphatic rings. The normalized spacial score (nSPS) is 9.93. The summed E-state index contributed by atoms with van der Waals surface area (Å²) < 4.78 is 4.99. The van der Waals surface area contributed by atoms with Crippen LogP contribution >= 0.6 is 11.6 Å². The van der Waals surface area contributed by atoms with Gasteiger partial charge in [0.1, 0.15) is 0 Å². The van der Waals surface area contributed by atoms with E-state index in [1.807, 2.05) is 11.8 Å². The second kappa shape index (κ2) is 5.65. The fourth-order valence-corrected chi connectivity index (χ4v) is 1.33. The molecule has 1 aromatic heterocycles. The van der Waals surface area contributed by atoms with Crippen LogP contribution in [0.1, 0.15) is 6.92 Å². The van der Waals surface area contributed by atoms with Crippen LogP contribution in [0.2, 0.25) is 0 Å². The SMILES string of the molecule is CCN(CCCl)c1cncc(OC)n1. The Morgan fingerprint density at radius 2 is 2.29 bits per heavy atom. The third-order valence-corrected chi connectivity index (χ3v) is 2.04. The highest BCUT2D eigenvalue weighted by Crippen LogP contribution is 2.12. The number of hydrogen-bond acceptors (Lipinski definition) is 4. The predicted molar refractivity (Wildman–Crippen MR) is 57.2 cm³/mol. The molecular weight excluding hydrogens is 202 g/mol. The third kappa shape index (κ3) is 2.73. The van der Waals surface area contributed by atoms with Crippen LogP contribution in [0.15, 0.2) is 12.4 Å². The summed E-state index contributed by atoms with van der Waals surface area (Å²) in [6.45, 7) is 3.67. The molecule has 5 heteroatoms. The minimum Gasteiger partial charge on any atom is -0.480 e. The number of ether oxygens (including phenoxy) is 1. The molecule has 0 unspecified atom stereocenters. The minimum absolute atomic E-state index is 0.524. The quantitative estimate of drug-likeness (QED) is 0.699. The number of alkyl halides is 1. The van der Waals surface area contributed by atoms with Crippen molar-refractivity contribution in [3.8, 4) is 5.88 Å². The van der Waals surface area contributed by atoms with Gasteiger partial charge in [-0.15, -0.1) is 11.6 Å². The summed E-state index contributed by atoms with van der Waals surface area (Å²) in [4.78, 5) is 10.3. The lowest BCUT2D eigenvalue weighted by Gasteiger charge is -2.20. The molecule has 0 spiro atoms. The van der Waals surface area contributed by atoms with Crippen molar-refractivity contribution in [3.63, 3.8) is 0 Å². The Bertz CT molecular complexity index is 283. The van der Waals surface area contributed by atoms with E-state index in [0.29, 0.717) is 11.8 Å². The zero-order chi connectivity index (χ0) is 10.4. The molecule has 78 valence electrons. The van der Waals surface area contributed by atoms with Crippen LogP contribution in [-0.4, -0.2) is 36.0 Å². The van der Waals surface area contributed by atoms with Crippen molar-refractivity contribution < 1.29 is 4.74 Å². The van der Waals surface area contributed by atoms with Crippen LogP contribution in [0.4, 0.5) is 5.82 Å². The lowest BCUT2D eigenvalue weighted by atomic mass is 10.5. The zero-order valence-electron chi connectivity index (χ0n) is 8.40. The smallest absolute Gasteiger partial charge is 0.233 e. The molecule has 0 saturated carbocycles. The summed E-state index contributed by atoms with van der Waals surface area (Å²) in [5.74, 6) is 1.90. The summed E-state index contributed by atoms with van der Waals surface area (Å²) in [5.41, 5.74) is 0. The molecule has 14 heavy (non-hydrogen) atoms. The van der Waals surface area contributed by atoms with Gasteiger partial charge in [0.05, 0.1) is 19.5 Å². The lowest BCUT2D eigenvalue weighted by Crippen LogP contribution is -2.26. The van der Waals surface area contributed by atoms with Gasteiger partial charge in [0.15, 0.2) is 5.82 Å². The Hall–Kier alpha value is -1.03. The molecule has 1 rings (SSSR count). The molecular formula is C9H14ClN3O. The second-order valence-electron chi connectivity index (χ2n) is 2.69. The van der Waals surface area contributed by atoms with Gasteiger partial charge >= 0.3 is 0 Å². The number of halogens is 1. The molecule has 0 aliphatic heterocycles. The predicted octanol–water partition coefficient (Wildman–Crippen LogP) is 1.55. The molecule has 0 saturated heterocycles. The van der Waals surface area contributed by atoms with Crippen LogP contribution < -0.4 is 9.64 Å². The summed E-state index contributed by atoms with van der Waals surface area (Å²) in [5, 5.41) is 0. The van der Waals surface area contributed by atoms with Crippen LogP contribution in [0.25, 0.3) is 0 Å². The van der Waals surface area contributed by atoms with Gasteiger partial charge in [-0.2, -0.15) is 4.98 Å². The van der Waals surface area contributed by atoms with E-state index in [2.05, 4.69) is 9.97 Å². The first-order chi connectivity index (χ1) is 6.81. The molecule has 1 heterocycles. The highest BCUT2D eigenvalue weighted by atomic mass is 35.5. The third-order valence-electron chi connectivity index (χ3n) is 1.87. The van der Waals surface area contributed by atoms with Gasteiger partial charge in [-0.1, -0.05) is 0 Å². The summed E-state index contributed by atoms with van der Waals surface area (Å²) in [7, 11) is 1.58. The fraction of sp³-hybridized carbons (Fsp3) is 0.556. The Kier molecular flexibility index (Phi) is 4.46. The number of aromatic nitrogens is 2. The average molecular weight is 216 g/mol. The lowest BCUT2D eigenvalue weighted by molar-refractivity contribution is 0.395. The molecule has 0 fully saturated rings. The van der Waals surface area contributed by atoms with Gasteiger partial charge < -0.3 is 9.64 Å². The van der Waals surface area contributed by atoms with Crippen LogP contribution in [0.3, 0.4) is 0 Å². The highest BCUT2D eigenvalue weighted by molar-refractivity contribution is 6.18. The first-order valence-electron chi connectivity index (χ1n) is 4.48. The molecule has 0 aliphatic carbocycles. The maximum Gasteiger partial charge on any atom is 0.233 e. The first kappa shape index (κ1) is 11.0. The van der Waals surface area contributed by atoms with E-state index < -0.39 is 0 Å². The van der Waals surface area contributed by atoms with E-state index in [0.717, 1.165) is 18.9 Å². The van der Waals surface area contributed by atoms with Crippen molar-refractivity contribution in [1.82, 2.24) is 9.97 Å². The molecule has 0 radical (unpaired) electrons. The van der Waals surface area contributed by atoms with Crippen molar-refractivity contribution in [2.24, 2.45) is 0 Å². The molecule has 0 N–H and O–H groups in total. The van der Waals surface area contributed by atoms with Crippen molar-refractivity contribution >= 4 is 17.4 Å². The summed E-state index contributed by atoms with van der Waals surface area (Å²) >= 11 is 5.68. The topological polar surface area (TPSA) is 38.2 Å². The van der Waals surface area contributed by atoms with Crippen LogP contribution in [0, 0.1) is 0 Å². The highest BCUT2D eigenvalue weighted by Gasteiger charge is 2.06. The molecule has 4 nitrogen and oxygen atoms in total. The number of rotatable bonds is 5. The van der Waals surface area contributed by atoms with Gasteiger partial charge in [-0.3, -0.25) is 4.98 Å². The van der Waals surface area contributed by atoms with E-state index in [1.165, 1.54) is 0 Å². The van der Waals surface area contributed by atoms with E-state index in [4.69, 9.17) is 16.3 Å². The zero-order valence-corrected chi connectivity index (χ0v) is 9.16. The second-order valence-corrected chi connectivity index (χ2v) is 3.07. The van der Waals surface area contributed by atoms with E-state index in [9.17, 15) is 0 Å². The first-order valence-corrected chi connectivity index (χ1v) is 5.02. The molecule has 1 aromatic rings. The number of anilines is 1. The van der Waals surface area contributed by atoms with Crippen LogP contribution in [0.5, 0.6) is 5.88 Å². The molecule has 0 aromatic carbocycles. The maximum atomic E-state index is 5.68. The minimum atomic E-state index is 0.524. The van der Waals surface area contributed by atoms with Gasteiger partial charge in [-0.05, 0) is 6.92 Å². The van der Waals surface area contributed by atoms with Gasteiger partial charge in [0.2, 0.25) is 5.88 Å². The van der Waals surface area contributed by atoms with Gasteiger partial charge in [0.25, 0.3) is 0 Å². The Morgan fingerprint density at radius 3 is 2.86 bits per heavy atom. The maximum absolute atomic E-state index is 5.68. The number of hydrogen-bond donors (Lipinski definition) is 0. The van der Waals surface area contributed by atoms with E-state index >= 15 is 0 Å². The van der Waals surface area contributed by atoms with Crippen molar-refractivity contribution in [3.05, 3.63) is 12.4 Å². The van der Waals surface area contributed by atoms with E-state index in [1.54, 1.807) is 19.5 Å². The van der Waals surface area contributed by atoms with Gasteiger partial charge in [0, 0.05) is 19.0 Å².